The standard InChI is InChI=1S/C7H13NO4.C7H13N.C2H4.CH4.Pt/c1-3-8(4-2)5(6(9)10)7(11)12;1-6-4-2-3-5-7(6)8;1-2;;/h5H,3-4H2,1-2H3,(H,9,10)(H,11,12);6-8H,1-5H2;1-2H2;1H4;/q;-2;;;+2. The number of carboxylic acids is 2. The van der Waals surface area contributed by atoms with Crippen LogP contribution in [0.5, 0.6) is 0 Å². The quantitative estimate of drug-likeness (QED) is 0.324. The number of hydrogen-bond acceptors (Lipinski definition) is 3. The fourth-order valence-electron chi connectivity index (χ4n) is 2.21. The second kappa shape index (κ2) is 18.6. The molecular weight excluding hydrogens is 491 g/mol. The molecule has 0 heterocycles. The molecule has 1 saturated carbocycles. The fraction of sp³-hybridized carbons (Fsp3) is 0.706. The first-order valence-electron chi connectivity index (χ1n) is 7.58. The number of carboxylic acid groups (broad SMARTS) is 2. The minimum Gasteiger partial charge on any atom is -0.677 e. The molecule has 1 aliphatic carbocycles. The van der Waals surface area contributed by atoms with Crippen molar-refractivity contribution in [3.8, 4) is 0 Å². The molecule has 24 heavy (non-hydrogen) atoms. The van der Waals surface area contributed by atoms with Crippen molar-refractivity contribution in [2.75, 3.05) is 13.1 Å². The summed E-state index contributed by atoms with van der Waals surface area (Å²) in [6.45, 7) is 14.2. The van der Waals surface area contributed by atoms with Crippen LogP contribution in [0, 0.1) is 12.8 Å². The van der Waals surface area contributed by atoms with Gasteiger partial charge in [-0.1, -0.05) is 47.0 Å². The predicted octanol–water partition coefficient (Wildman–Crippen LogP) is 3.73. The van der Waals surface area contributed by atoms with Gasteiger partial charge in [0, 0.05) is 0 Å². The second-order valence-electron chi connectivity index (χ2n) is 4.95. The smallest absolute Gasteiger partial charge is 0.677 e. The van der Waals surface area contributed by atoms with Gasteiger partial charge in [0.2, 0.25) is 6.04 Å². The number of aliphatic carboxylic acids is 2. The summed E-state index contributed by atoms with van der Waals surface area (Å²) in [7, 11) is 0. The average Bonchev–Trinajstić information content (AvgIpc) is 2.49. The SMILES string of the molecule is C.C=C.CCN(CC)C(C(=O)O)C(=O)O.[CH2-]C1CCCCC1[NH-].[Pt+2]. The maximum Gasteiger partial charge on any atom is 2.00 e. The number of nitrogens with zero attached hydrogens (tertiary/aromatic N) is 1. The van der Waals surface area contributed by atoms with Crippen molar-refractivity contribution in [2.45, 2.75) is 59.0 Å². The Morgan fingerprint density at radius 3 is 1.71 bits per heavy atom. The maximum atomic E-state index is 10.5. The van der Waals surface area contributed by atoms with E-state index >= 15 is 0 Å². The molecule has 0 aromatic heterocycles. The molecule has 1 aliphatic rings. The number of carbonyl (C=O) groups is 2. The Kier molecular flexibility index (Phi) is 24.1. The van der Waals surface area contributed by atoms with E-state index in [1.54, 1.807) is 13.8 Å². The van der Waals surface area contributed by atoms with Crippen LogP contribution in [-0.4, -0.2) is 52.2 Å². The van der Waals surface area contributed by atoms with Crippen LogP contribution in [0.15, 0.2) is 13.2 Å². The Morgan fingerprint density at radius 1 is 1.17 bits per heavy atom. The van der Waals surface area contributed by atoms with Crippen molar-refractivity contribution in [1.29, 1.82) is 0 Å². The van der Waals surface area contributed by atoms with Crippen molar-refractivity contribution < 1.29 is 40.9 Å². The first-order valence-corrected chi connectivity index (χ1v) is 7.58. The summed E-state index contributed by atoms with van der Waals surface area (Å²) >= 11 is 0. The molecular formula is C17H34N2O4Pt. The van der Waals surface area contributed by atoms with Crippen molar-refractivity contribution in [2.24, 2.45) is 5.92 Å². The van der Waals surface area contributed by atoms with Crippen molar-refractivity contribution in [3.05, 3.63) is 25.8 Å². The first kappa shape index (κ1) is 31.1. The van der Waals surface area contributed by atoms with Crippen molar-refractivity contribution in [1.82, 2.24) is 4.90 Å². The molecule has 0 spiro atoms. The fourth-order valence-corrected chi connectivity index (χ4v) is 2.21. The normalized spacial score (nSPS) is 18.8. The summed E-state index contributed by atoms with van der Waals surface area (Å²) in [4.78, 5) is 22.3. The van der Waals surface area contributed by atoms with Crippen LogP contribution in [-0.2, 0) is 30.7 Å². The third kappa shape index (κ3) is 12.7. The summed E-state index contributed by atoms with van der Waals surface area (Å²) in [5.74, 6) is -2.21. The molecule has 6 nitrogen and oxygen atoms in total. The molecule has 0 saturated heterocycles. The van der Waals surface area contributed by atoms with Crippen LogP contribution in [0.4, 0.5) is 0 Å². The average molecular weight is 526 g/mol. The van der Waals surface area contributed by atoms with E-state index in [0.29, 0.717) is 19.0 Å². The second-order valence-corrected chi connectivity index (χ2v) is 4.95. The summed E-state index contributed by atoms with van der Waals surface area (Å²) in [6, 6.07) is -1.27. The van der Waals surface area contributed by atoms with Crippen molar-refractivity contribution >= 4 is 11.9 Å². The Morgan fingerprint density at radius 2 is 1.54 bits per heavy atom. The van der Waals surface area contributed by atoms with E-state index in [9.17, 15) is 9.59 Å². The number of likely N-dealkylation sites (N-methyl/N-ethyl adjacent to an activating group) is 1. The van der Waals surface area contributed by atoms with Crippen LogP contribution < -0.4 is 0 Å². The van der Waals surface area contributed by atoms with E-state index in [0.717, 1.165) is 6.42 Å². The molecule has 3 N–H and O–H groups in total. The molecule has 1 rings (SSSR count). The van der Waals surface area contributed by atoms with Gasteiger partial charge in [0.15, 0.2) is 0 Å². The van der Waals surface area contributed by atoms with Crippen LogP contribution in [0.2, 0.25) is 0 Å². The van der Waals surface area contributed by atoms with Gasteiger partial charge >= 0.3 is 33.0 Å². The van der Waals surface area contributed by atoms with Gasteiger partial charge in [-0.3, -0.25) is 4.90 Å². The van der Waals surface area contributed by atoms with Gasteiger partial charge in [-0.05, 0) is 13.1 Å². The van der Waals surface area contributed by atoms with Gasteiger partial charge in [0.25, 0.3) is 0 Å². The summed E-state index contributed by atoms with van der Waals surface area (Å²) in [6.07, 6.45) is 4.80. The molecule has 0 radical (unpaired) electrons. The van der Waals surface area contributed by atoms with Gasteiger partial charge in [-0.2, -0.15) is 12.0 Å². The monoisotopic (exact) mass is 525 g/mol. The number of rotatable bonds is 5. The Balaban J connectivity index is -0.000000146. The van der Waals surface area contributed by atoms with Crippen LogP contribution in [0.1, 0.15) is 47.0 Å². The first-order chi connectivity index (χ1) is 10.3. The zero-order chi connectivity index (χ0) is 17.7. The topological polar surface area (TPSA) is 102 Å². The molecule has 7 heteroatoms. The van der Waals surface area contributed by atoms with E-state index in [2.05, 4.69) is 20.1 Å². The van der Waals surface area contributed by atoms with Gasteiger partial charge in [0.05, 0.1) is 0 Å². The summed E-state index contributed by atoms with van der Waals surface area (Å²) in [5.41, 5.74) is 7.42. The summed E-state index contributed by atoms with van der Waals surface area (Å²) in [5, 5.41) is 17.1. The van der Waals surface area contributed by atoms with Gasteiger partial charge in [-0.25, -0.2) is 9.59 Å². The minimum absolute atomic E-state index is 0. The number of hydrogen-bond donors (Lipinski definition) is 2. The van der Waals surface area contributed by atoms with Crippen LogP contribution >= 0.6 is 0 Å². The summed E-state index contributed by atoms with van der Waals surface area (Å²) < 4.78 is 0. The van der Waals surface area contributed by atoms with Gasteiger partial charge in [-0.15, -0.1) is 13.2 Å². The zero-order valence-electron chi connectivity index (χ0n) is 14.1. The van der Waals surface area contributed by atoms with E-state index in [4.69, 9.17) is 15.9 Å². The molecule has 146 valence electrons. The third-order valence-corrected chi connectivity index (χ3v) is 3.55. The van der Waals surface area contributed by atoms with Crippen LogP contribution in [0.3, 0.4) is 0 Å². The van der Waals surface area contributed by atoms with E-state index in [1.807, 2.05) is 0 Å². The minimum atomic E-state index is -1.42. The van der Waals surface area contributed by atoms with E-state index in [1.165, 1.54) is 24.2 Å². The predicted molar refractivity (Wildman–Crippen MR) is 95.4 cm³/mol. The Hall–Kier alpha value is -0.712. The van der Waals surface area contributed by atoms with E-state index in [-0.39, 0.29) is 34.5 Å². The van der Waals surface area contributed by atoms with Crippen LogP contribution in [0.25, 0.3) is 5.73 Å². The molecule has 0 aliphatic heterocycles. The van der Waals surface area contributed by atoms with Crippen molar-refractivity contribution in [3.63, 3.8) is 0 Å². The van der Waals surface area contributed by atoms with E-state index < -0.39 is 18.0 Å². The molecule has 2 atom stereocenters. The molecule has 0 aromatic rings. The molecule has 0 bridgehead atoms. The Labute approximate surface area is 161 Å². The zero-order valence-corrected chi connectivity index (χ0v) is 16.3. The third-order valence-electron chi connectivity index (χ3n) is 3.55. The maximum absolute atomic E-state index is 10.5. The molecule has 2 unspecified atom stereocenters. The number of nitrogens with one attached hydrogen (secondary N) is 1. The largest absolute Gasteiger partial charge is 2.00 e. The molecule has 0 amide bonds. The van der Waals surface area contributed by atoms with Gasteiger partial charge < -0.3 is 22.9 Å². The molecule has 0 aromatic carbocycles. The van der Waals surface area contributed by atoms with Gasteiger partial charge in [0.1, 0.15) is 0 Å². The molecule has 1 fully saturated rings. The Bertz CT molecular complexity index is 302.